The van der Waals surface area contributed by atoms with Gasteiger partial charge in [0.05, 0.1) is 6.42 Å². The Labute approximate surface area is 181 Å². The van der Waals surface area contributed by atoms with Gasteiger partial charge in [0.25, 0.3) is 0 Å². The van der Waals surface area contributed by atoms with E-state index in [9.17, 15) is 18.8 Å². The van der Waals surface area contributed by atoms with Crippen molar-refractivity contribution < 1.29 is 23.5 Å². The lowest BCUT2D eigenvalue weighted by Gasteiger charge is -2.19. The standard InChI is InChI=1S/C23H28FN3O4/c1-23(2,3)31-22(30)25-13-12-20(28)27-19-10-6-17(7-11-19)15-26-21(29)14-16-4-8-18(24)9-5-16/h4-11H,12-15H2,1-3H3,(H,25,30)(H,26,29)(H,27,28). The molecule has 0 saturated carbocycles. The predicted molar refractivity (Wildman–Crippen MR) is 116 cm³/mol. The third kappa shape index (κ3) is 9.75. The van der Waals surface area contributed by atoms with Crippen LogP contribution in [0.5, 0.6) is 0 Å². The quantitative estimate of drug-likeness (QED) is 0.598. The molecule has 0 heterocycles. The first-order valence-electron chi connectivity index (χ1n) is 9.97. The van der Waals surface area contributed by atoms with Crippen LogP contribution in [0.4, 0.5) is 14.9 Å². The Bertz CT molecular complexity index is 891. The molecule has 7 nitrogen and oxygen atoms in total. The molecule has 166 valence electrons. The highest BCUT2D eigenvalue weighted by Gasteiger charge is 2.15. The minimum Gasteiger partial charge on any atom is -0.444 e. The van der Waals surface area contributed by atoms with E-state index >= 15 is 0 Å². The molecule has 0 aliphatic carbocycles. The van der Waals surface area contributed by atoms with Crippen LogP contribution in [0, 0.1) is 5.82 Å². The second-order valence-electron chi connectivity index (χ2n) is 8.00. The van der Waals surface area contributed by atoms with Gasteiger partial charge in [0.2, 0.25) is 11.8 Å². The second kappa shape index (κ2) is 11.1. The third-order valence-corrected chi connectivity index (χ3v) is 4.03. The summed E-state index contributed by atoms with van der Waals surface area (Å²) in [5.74, 6) is -0.742. The summed E-state index contributed by atoms with van der Waals surface area (Å²) in [5, 5.41) is 8.08. The summed E-state index contributed by atoms with van der Waals surface area (Å²) in [6.07, 6.45) is -0.280. The molecule has 0 saturated heterocycles. The maximum atomic E-state index is 12.9. The van der Waals surface area contributed by atoms with Crippen LogP contribution in [0.25, 0.3) is 0 Å². The molecule has 0 fully saturated rings. The average molecular weight is 429 g/mol. The number of hydrogen-bond donors (Lipinski definition) is 3. The molecule has 0 aliphatic rings. The van der Waals surface area contributed by atoms with E-state index in [1.54, 1.807) is 57.2 Å². The van der Waals surface area contributed by atoms with E-state index in [1.165, 1.54) is 12.1 Å². The van der Waals surface area contributed by atoms with E-state index in [4.69, 9.17) is 4.74 Å². The SMILES string of the molecule is CC(C)(C)OC(=O)NCCC(=O)Nc1ccc(CNC(=O)Cc2ccc(F)cc2)cc1. The van der Waals surface area contributed by atoms with Crippen LogP contribution >= 0.6 is 0 Å². The molecule has 2 rings (SSSR count). The zero-order chi connectivity index (χ0) is 22.9. The summed E-state index contributed by atoms with van der Waals surface area (Å²) < 4.78 is 18.0. The number of carbonyl (C=O) groups is 3. The van der Waals surface area contributed by atoms with Gasteiger partial charge in [-0.25, -0.2) is 9.18 Å². The summed E-state index contributed by atoms with van der Waals surface area (Å²) in [4.78, 5) is 35.5. The highest BCUT2D eigenvalue weighted by atomic mass is 19.1. The minimum absolute atomic E-state index is 0.112. The van der Waals surface area contributed by atoms with Gasteiger partial charge in [-0.3, -0.25) is 9.59 Å². The molecule has 0 spiro atoms. The van der Waals surface area contributed by atoms with Crippen LogP contribution in [0.15, 0.2) is 48.5 Å². The lowest BCUT2D eigenvalue weighted by atomic mass is 10.1. The highest BCUT2D eigenvalue weighted by molar-refractivity contribution is 5.91. The molecule has 8 heteroatoms. The number of carbonyl (C=O) groups excluding carboxylic acids is 3. The van der Waals surface area contributed by atoms with Crippen molar-refractivity contribution in [3.63, 3.8) is 0 Å². The van der Waals surface area contributed by atoms with Crippen LogP contribution in [-0.2, 0) is 27.3 Å². The van der Waals surface area contributed by atoms with Gasteiger partial charge in [-0.05, 0) is 56.2 Å². The van der Waals surface area contributed by atoms with Gasteiger partial charge < -0.3 is 20.7 Å². The lowest BCUT2D eigenvalue weighted by molar-refractivity contribution is -0.120. The van der Waals surface area contributed by atoms with Gasteiger partial charge in [-0.2, -0.15) is 0 Å². The minimum atomic E-state index is -0.589. The number of anilines is 1. The number of halogens is 1. The highest BCUT2D eigenvalue weighted by Crippen LogP contribution is 2.10. The van der Waals surface area contributed by atoms with Crippen molar-refractivity contribution in [3.05, 3.63) is 65.5 Å². The van der Waals surface area contributed by atoms with Gasteiger partial charge >= 0.3 is 6.09 Å². The third-order valence-electron chi connectivity index (χ3n) is 4.03. The van der Waals surface area contributed by atoms with Crippen molar-refractivity contribution in [2.45, 2.75) is 45.8 Å². The molecular formula is C23H28FN3O4. The fourth-order valence-electron chi connectivity index (χ4n) is 2.57. The smallest absolute Gasteiger partial charge is 0.407 e. The van der Waals surface area contributed by atoms with Crippen LogP contribution < -0.4 is 16.0 Å². The Kier molecular flexibility index (Phi) is 8.54. The molecule has 3 N–H and O–H groups in total. The first-order valence-corrected chi connectivity index (χ1v) is 9.97. The first kappa shape index (κ1) is 23.9. The van der Waals surface area contributed by atoms with Crippen LogP contribution in [0.2, 0.25) is 0 Å². The topological polar surface area (TPSA) is 96.5 Å². The Morgan fingerprint density at radius 3 is 2.10 bits per heavy atom. The van der Waals surface area contributed by atoms with E-state index in [0.29, 0.717) is 12.2 Å². The monoisotopic (exact) mass is 429 g/mol. The fraction of sp³-hybridized carbons (Fsp3) is 0.348. The summed E-state index contributed by atoms with van der Waals surface area (Å²) in [6.45, 7) is 5.80. The van der Waals surface area contributed by atoms with E-state index in [0.717, 1.165) is 11.1 Å². The molecule has 3 amide bonds. The van der Waals surface area contributed by atoms with Crippen LogP contribution in [-0.4, -0.2) is 30.1 Å². The maximum absolute atomic E-state index is 12.9. The largest absolute Gasteiger partial charge is 0.444 e. The molecule has 0 aliphatic heterocycles. The van der Waals surface area contributed by atoms with E-state index < -0.39 is 11.7 Å². The molecule has 0 aromatic heterocycles. The second-order valence-corrected chi connectivity index (χ2v) is 8.00. The Hall–Kier alpha value is -3.42. The number of alkyl carbamates (subject to hydrolysis) is 1. The molecular weight excluding hydrogens is 401 g/mol. The Morgan fingerprint density at radius 1 is 0.871 bits per heavy atom. The van der Waals surface area contributed by atoms with Crippen molar-refractivity contribution in [1.29, 1.82) is 0 Å². The Morgan fingerprint density at radius 2 is 1.48 bits per heavy atom. The number of amides is 3. The molecule has 0 unspecified atom stereocenters. The molecule has 31 heavy (non-hydrogen) atoms. The number of rotatable bonds is 8. The molecule has 0 atom stereocenters. The maximum Gasteiger partial charge on any atom is 0.407 e. The van der Waals surface area contributed by atoms with Gasteiger partial charge in [0.1, 0.15) is 11.4 Å². The summed E-state index contributed by atoms with van der Waals surface area (Å²) in [6, 6.07) is 12.9. The normalized spacial score (nSPS) is 10.8. The van der Waals surface area contributed by atoms with Crippen LogP contribution in [0.3, 0.4) is 0 Å². The van der Waals surface area contributed by atoms with Gasteiger partial charge in [-0.1, -0.05) is 24.3 Å². The van der Waals surface area contributed by atoms with E-state index in [2.05, 4.69) is 16.0 Å². The summed E-state index contributed by atoms with van der Waals surface area (Å²) >= 11 is 0. The van der Waals surface area contributed by atoms with E-state index in [-0.39, 0.29) is 37.0 Å². The van der Waals surface area contributed by atoms with E-state index in [1.807, 2.05) is 0 Å². The molecule has 0 bridgehead atoms. The zero-order valence-electron chi connectivity index (χ0n) is 18.0. The number of ether oxygens (including phenoxy) is 1. The van der Waals surface area contributed by atoms with Crippen molar-refractivity contribution in [2.24, 2.45) is 0 Å². The van der Waals surface area contributed by atoms with Gasteiger partial charge in [-0.15, -0.1) is 0 Å². The lowest BCUT2D eigenvalue weighted by Crippen LogP contribution is -2.34. The number of benzene rings is 2. The number of nitrogens with one attached hydrogen (secondary N) is 3. The van der Waals surface area contributed by atoms with Crippen molar-refractivity contribution >= 4 is 23.6 Å². The van der Waals surface area contributed by atoms with Crippen molar-refractivity contribution in [2.75, 3.05) is 11.9 Å². The summed E-state index contributed by atoms with van der Waals surface area (Å²) in [5.41, 5.74) is 1.63. The predicted octanol–water partition coefficient (Wildman–Crippen LogP) is 3.54. The Balaban J connectivity index is 1.70. The average Bonchev–Trinajstić information content (AvgIpc) is 2.68. The fourth-order valence-corrected chi connectivity index (χ4v) is 2.57. The van der Waals surface area contributed by atoms with Crippen LogP contribution in [0.1, 0.15) is 38.3 Å². The van der Waals surface area contributed by atoms with Gasteiger partial charge in [0.15, 0.2) is 0 Å². The van der Waals surface area contributed by atoms with Gasteiger partial charge in [0, 0.05) is 25.2 Å². The van der Waals surface area contributed by atoms with Crippen molar-refractivity contribution in [1.82, 2.24) is 10.6 Å². The zero-order valence-corrected chi connectivity index (χ0v) is 18.0. The molecule has 0 radical (unpaired) electrons. The first-order chi connectivity index (χ1) is 14.6. The summed E-state index contributed by atoms with van der Waals surface area (Å²) in [7, 11) is 0. The molecule has 2 aromatic rings. The molecule has 2 aromatic carbocycles. The van der Waals surface area contributed by atoms with Crippen molar-refractivity contribution in [3.8, 4) is 0 Å². The number of hydrogen-bond acceptors (Lipinski definition) is 4.